The minimum atomic E-state index is 1.11. The molecule has 234 valence electrons. The summed E-state index contributed by atoms with van der Waals surface area (Å²) in [5.74, 6) is 0. The highest BCUT2D eigenvalue weighted by molar-refractivity contribution is 5.88. The summed E-state index contributed by atoms with van der Waals surface area (Å²) in [5.41, 5.74) is 16.5. The number of hydrogen-bond donors (Lipinski definition) is 0. The number of rotatable bonds is 8. The second kappa shape index (κ2) is 13.5. The zero-order chi connectivity index (χ0) is 33.0. The van der Waals surface area contributed by atoms with Crippen LogP contribution in [0.3, 0.4) is 0 Å². The van der Waals surface area contributed by atoms with E-state index in [9.17, 15) is 0 Å². The molecule has 0 fully saturated rings. The van der Waals surface area contributed by atoms with Crippen LogP contribution in [0.4, 0.5) is 34.1 Å². The third kappa shape index (κ3) is 6.38. The highest BCUT2D eigenvalue weighted by Crippen LogP contribution is 2.45. The fourth-order valence-corrected chi connectivity index (χ4v) is 6.39. The summed E-state index contributed by atoms with van der Waals surface area (Å²) >= 11 is 0. The van der Waals surface area contributed by atoms with Crippen molar-refractivity contribution >= 4 is 34.1 Å². The maximum Gasteiger partial charge on any atom is 0.0514 e. The Morgan fingerprint density at radius 1 is 0.292 bits per heavy atom. The predicted molar refractivity (Wildman–Crippen MR) is 206 cm³/mol. The van der Waals surface area contributed by atoms with Gasteiger partial charge in [0.2, 0.25) is 0 Å². The molecule has 0 atom stereocenters. The Labute approximate surface area is 285 Å². The van der Waals surface area contributed by atoms with Crippen LogP contribution in [0.15, 0.2) is 170 Å². The second-order valence-electron chi connectivity index (χ2n) is 12.6. The molecule has 0 heterocycles. The van der Waals surface area contributed by atoms with Gasteiger partial charge in [-0.15, -0.1) is 0 Å². The minimum Gasteiger partial charge on any atom is -0.310 e. The van der Waals surface area contributed by atoms with Gasteiger partial charge in [-0.3, -0.25) is 0 Å². The minimum absolute atomic E-state index is 1.11. The van der Waals surface area contributed by atoms with E-state index in [4.69, 9.17) is 0 Å². The van der Waals surface area contributed by atoms with E-state index in [1.54, 1.807) is 0 Å². The first-order valence-corrected chi connectivity index (χ1v) is 16.6. The van der Waals surface area contributed by atoms with Crippen LogP contribution in [0, 0.1) is 27.7 Å². The van der Waals surface area contributed by atoms with Crippen molar-refractivity contribution in [3.05, 3.63) is 192 Å². The lowest BCUT2D eigenvalue weighted by Gasteiger charge is -2.32. The summed E-state index contributed by atoms with van der Waals surface area (Å²) in [7, 11) is 0. The van der Waals surface area contributed by atoms with E-state index in [-0.39, 0.29) is 0 Å². The molecule has 48 heavy (non-hydrogen) atoms. The summed E-state index contributed by atoms with van der Waals surface area (Å²) < 4.78 is 0. The molecule has 0 unspecified atom stereocenters. The lowest BCUT2D eigenvalue weighted by atomic mass is 10.0. The predicted octanol–water partition coefficient (Wildman–Crippen LogP) is 13.2. The highest BCUT2D eigenvalue weighted by Gasteiger charge is 2.22. The maximum absolute atomic E-state index is 2.40. The van der Waals surface area contributed by atoms with Gasteiger partial charge >= 0.3 is 0 Å². The normalized spacial score (nSPS) is 10.9. The zero-order valence-electron chi connectivity index (χ0n) is 28.1. The average Bonchev–Trinajstić information content (AvgIpc) is 3.13. The van der Waals surface area contributed by atoms with Crippen LogP contribution in [-0.2, 0) is 0 Å². The lowest BCUT2D eigenvalue weighted by Crippen LogP contribution is -2.16. The molecular weight excluding hydrogens is 581 g/mol. The molecule has 0 aliphatic heterocycles. The van der Waals surface area contributed by atoms with Crippen LogP contribution in [0.5, 0.6) is 0 Å². The summed E-state index contributed by atoms with van der Waals surface area (Å²) in [5, 5.41) is 0. The van der Waals surface area contributed by atoms with Crippen LogP contribution in [0.1, 0.15) is 22.3 Å². The third-order valence-corrected chi connectivity index (χ3v) is 9.03. The number of hydrogen-bond acceptors (Lipinski definition) is 2. The lowest BCUT2D eigenvalue weighted by molar-refractivity contribution is 1.19. The Kier molecular flexibility index (Phi) is 8.64. The standard InChI is InChI=1S/C46H40N2/c1-33-15-23-41(24-16-33)47(42-25-17-34(2)18-26-42)45-31-35(3)32-46(36(45)4)48(43-27-19-39(20-28-43)37-11-7-5-8-12-37)44-29-21-40(22-30-44)38-13-9-6-10-14-38/h5-32H,1-4H3. The van der Waals surface area contributed by atoms with Crippen LogP contribution >= 0.6 is 0 Å². The summed E-state index contributed by atoms with van der Waals surface area (Å²) in [6.07, 6.45) is 0. The molecule has 0 aliphatic rings. The SMILES string of the molecule is Cc1ccc(N(c2ccc(C)cc2)c2cc(C)cc(N(c3ccc(-c4ccccc4)cc3)c3ccc(-c4ccccc4)cc3)c2C)cc1. The van der Waals surface area contributed by atoms with E-state index < -0.39 is 0 Å². The first kappa shape index (κ1) is 30.8. The second-order valence-corrected chi connectivity index (χ2v) is 12.6. The van der Waals surface area contributed by atoms with Crippen molar-refractivity contribution in [3.8, 4) is 22.3 Å². The molecule has 7 rings (SSSR count). The van der Waals surface area contributed by atoms with Crippen LogP contribution < -0.4 is 9.80 Å². The molecule has 0 bridgehead atoms. The molecule has 7 aromatic carbocycles. The smallest absolute Gasteiger partial charge is 0.0514 e. The molecule has 2 heteroatoms. The van der Waals surface area contributed by atoms with Crippen molar-refractivity contribution < 1.29 is 0 Å². The van der Waals surface area contributed by atoms with Crippen molar-refractivity contribution in [1.29, 1.82) is 0 Å². The van der Waals surface area contributed by atoms with E-state index in [1.807, 2.05) is 0 Å². The third-order valence-electron chi connectivity index (χ3n) is 9.03. The van der Waals surface area contributed by atoms with Gasteiger partial charge in [-0.05, 0) is 122 Å². The highest BCUT2D eigenvalue weighted by atomic mass is 15.2. The van der Waals surface area contributed by atoms with Crippen molar-refractivity contribution in [1.82, 2.24) is 0 Å². The fourth-order valence-electron chi connectivity index (χ4n) is 6.39. The van der Waals surface area contributed by atoms with Crippen LogP contribution in [0.2, 0.25) is 0 Å². The zero-order valence-corrected chi connectivity index (χ0v) is 28.1. The Hall–Kier alpha value is -5.86. The van der Waals surface area contributed by atoms with Gasteiger partial charge in [0.05, 0.1) is 11.4 Å². The molecule has 0 radical (unpaired) electrons. The number of aryl methyl sites for hydroxylation is 3. The Morgan fingerprint density at radius 3 is 0.917 bits per heavy atom. The number of benzene rings is 7. The van der Waals surface area contributed by atoms with Crippen molar-refractivity contribution in [2.24, 2.45) is 0 Å². The maximum atomic E-state index is 2.40. The van der Waals surface area contributed by atoms with Gasteiger partial charge in [0.25, 0.3) is 0 Å². The molecule has 0 spiro atoms. The Bertz CT molecular complexity index is 1990. The van der Waals surface area contributed by atoms with Gasteiger partial charge < -0.3 is 9.80 Å². The van der Waals surface area contributed by atoms with Crippen LogP contribution in [-0.4, -0.2) is 0 Å². The van der Waals surface area contributed by atoms with E-state index in [0.717, 1.165) is 34.1 Å². The summed E-state index contributed by atoms with van der Waals surface area (Å²) in [6, 6.07) is 61.3. The van der Waals surface area contributed by atoms with E-state index >= 15 is 0 Å². The molecule has 2 nitrogen and oxygen atoms in total. The van der Waals surface area contributed by atoms with Gasteiger partial charge in [0.15, 0.2) is 0 Å². The molecule has 0 aromatic heterocycles. The van der Waals surface area contributed by atoms with Crippen molar-refractivity contribution in [2.75, 3.05) is 9.80 Å². The number of anilines is 6. The average molecular weight is 621 g/mol. The van der Waals surface area contributed by atoms with E-state index in [2.05, 4.69) is 207 Å². The van der Waals surface area contributed by atoms with E-state index in [0.29, 0.717) is 0 Å². The molecule has 0 amide bonds. The summed E-state index contributed by atoms with van der Waals surface area (Å²) in [6.45, 7) is 8.73. The van der Waals surface area contributed by atoms with E-state index in [1.165, 1.54) is 44.5 Å². The molecular formula is C46H40N2. The molecule has 0 aliphatic carbocycles. The molecule has 7 aromatic rings. The first-order valence-electron chi connectivity index (χ1n) is 16.6. The van der Waals surface area contributed by atoms with Crippen LogP contribution in [0.25, 0.3) is 22.3 Å². The largest absolute Gasteiger partial charge is 0.310 e. The van der Waals surface area contributed by atoms with Gasteiger partial charge in [0, 0.05) is 22.7 Å². The fraction of sp³-hybridized carbons (Fsp3) is 0.0870. The van der Waals surface area contributed by atoms with Gasteiger partial charge in [0.1, 0.15) is 0 Å². The molecule has 0 saturated carbocycles. The van der Waals surface area contributed by atoms with Gasteiger partial charge in [-0.2, -0.15) is 0 Å². The quantitative estimate of drug-likeness (QED) is 0.167. The van der Waals surface area contributed by atoms with Gasteiger partial charge in [-0.25, -0.2) is 0 Å². The topological polar surface area (TPSA) is 6.48 Å². The Balaban J connectivity index is 1.40. The monoisotopic (exact) mass is 620 g/mol. The Morgan fingerprint density at radius 2 is 0.583 bits per heavy atom. The number of nitrogens with zero attached hydrogens (tertiary/aromatic N) is 2. The molecule has 0 N–H and O–H groups in total. The van der Waals surface area contributed by atoms with Gasteiger partial charge in [-0.1, -0.05) is 120 Å². The summed E-state index contributed by atoms with van der Waals surface area (Å²) in [4.78, 5) is 4.79. The van der Waals surface area contributed by atoms with Crippen molar-refractivity contribution in [3.63, 3.8) is 0 Å². The molecule has 0 saturated heterocycles. The first-order chi connectivity index (χ1) is 23.4. The van der Waals surface area contributed by atoms with Crippen molar-refractivity contribution in [2.45, 2.75) is 27.7 Å².